The van der Waals surface area contributed by atoms with E-state index in [1.807, 2.05) is 0 Å². The smallest absolute Gasteiger partial charge is 0.255 e. The van der Waals surface area contributed by atoms with Gasteiger partial charge in [0, 0.05) is 25.2 Å². The first-order valence-electron chi connectivity index (χ1n) is 7.13. The van der Waals surface area contributed by atoms with Crippen LogP contribution in [0.5, 0.6) is 0 Å². The first-order chi connectivity index (χ1) is 9.97. The topological polar surface area (TPSA) is 23.6 Å². The summed E-state index contributed by atoms with van der Waals surface area (Å²) in [4.78, 5) is 16.6. The Balaban J connectivity index is 1.84. The zero-order valence-electron chi connectivity index (χ0n) is 11.8. The highest BCUT2D eigenvalue weighted by atomic mass is 35.5. The van der Waals surface area contributed by atoms with Gasteiger partial charge in [0.1, 0.15) is 0 Å². The number of fused-ring (bicyclic) bond motifs is 2. The number of likely N-dealkylation sites (tertiary alicyclic amines) is 1. The van der Waals surface area contributed by atoms with Crippen LogP contribution in [0.25, 0.3) is 0 Å². The van der Waals surface area contributed by atoms with Crippen LogP contribution in [0.2, 0.25) is 5.02 Å². The van der Waals surface area contributed by atoms with Gasteiger partial charge in [0.2, 0.25) is 0 Å². The van der Waals surface area contributed by atoms with Gasteiger partial charge >= 0.3 is 0 Å². The fourth-order valence-corrected chi connectivity index (χ4v) is 3.58. The second kappa shape index (κ2) is 5.54. The lowest BCUT2D eigenvalue weighted by Crippen LogP contribution is -2.39. The maximum Gasteiger partial charge on any atom is 0.255 e. The predicted octanol–water partition coefficient (Wildman–Crippen LogP) is 2.93. The molecule has 0 radical (unpaired) electrons. The van der Waals surface area contributed by atoms with Gasteiger partial charge in [-0.15, -0.1) is 0 Å². The SMILES string of the molecule is CN1[C@@H]2CC[C@H]1CN(C(=O)c1cc(F)c(F)cc1Cl)CC2. The molecule has 3 rings (SSSR count). The summed E-state index contributed by atoms with van der Waals surface area (Å²) in [6.45, 7) is 1.24. The third-order valence-electron chi connectivity index (χ3n) is 4.68. The zero-order chi connectivity index (χ0) is 15.1. The number of hydrogen-bond donors (Lipinski definition) is 0. The molecule has 2 bridgehead atoms. The van der Waals surface area contributed by atoms with Crippen LogP contribution in [0, 0.1) is 11.6 Å². The van der Waals surface area contributed by atoms with E-state index in [4.69, 9.17) is 11.6 Å². The van der Waals surface area contributed by atoms with E-state index in [9.17, 15) is 13.6 Å². The van der Waals surface area contributed by atoms with E-state index in [-0.39, 0.29) is 16.5 Å². The number of rotatable bonds is 1. The molecule has 1 aromatic rings. The van der Waals surface area contributed by atoms with Crippen LogP contribution in [0.3, 0.4) is 0 Å². The number of benzene rings is 1. The second-order valence-corrected chi connectivity index (χ2v) is 6.24. The van der Waals surface area contributed by atoms with Crippen molar-refractivity contribution >= 4 is 17.5 Å². The minimum Gasteiger partial charge on any atom is -0.337 e. The molecule has 3 nitrogen and oxygen atoms in total. The van der Waals surface area contributed by atoms with Crippen LogP contribution in [-0.2, 0) is 0 Å². The Bertz CT molecular complexity index is 581. The summed E-state index contributed by atoms with van der Waals surface area (Å²) in [5.74, 6) is -2.40. The summed E-state index contributed by atoms with van der Waals surface area (Å²) in [7, 11) is 2.08. The highest BCUT2D eigenvalue weighted by Crippen LogP contribution is 2.30. The van der Waals surface area contributed by atoms with Crippen LogP contribution >= 0.6 is 11.6 Å². The van der Waals surface area contributed by atoms with Crippen LogP contribution in [0.4, 0.5) is 8.78 Å². The maximum atomic E-state index is 13.4. The first-order valence-corrected chi connectivity index (χ1v) is 7.51. The number of amides is 1. The molecule has 0 saturated carbocycles. The third kappa shape index (κ3) is 2.64. The molecule has 1 amide bonds. The minimum atomic E-state index is -1.05. The molecule has 21 heavy (non-hydrogen) atoms. The average Bonchev–Trinajstić information content (AvgIpc) is 2.67. The first kappa shape index (κ1) is 14.7. The Kier molecular flexibility index (Phi) is 3.88. The van der Waals surface area contributed by atoms with Crippen molar-refractivity contribution in [1.82, 2.24) is 9.80 Å². The summed E-state index contributed by atoms with van der Waals surface area (Å²) >= 11 is 5.90. The zero-order valence-corrected chi connectivity index (χ0v) is 12.5. The Hall–Kier alpha value is -1.20. The molecular formula is C15H17ClF2N2O. The third-order valence-corrected chi connectivity index (χ3v) is 4.99. The van der Waals surface area contributed by atoms with Crippen LogP contribution in [-0.4, -0.2) is 47.9 Å². The standard InChI is InChI=1S/C15H17ClF2N2O/c1-19-9-2-3-10(19)8-20(5-4-9)15(21)11-6-13(17)14(18)7-12(11)16/h6-7,9-10H,2-5,8H2,1H3/t9-,10+/m1/s1. The van der Waals surface area contributed by atoms with E-state index >= 15 is 0 Å². The van der Waals surface area contributed by atoms with Crippen LogP contribution in [0.1, 0.15) is 29.6 Å². The molecule has 2 saturated heterocycles. The molecule has 2 heterocycles. The van der Waals surface area contributed by atoms with E-state index < -0.39 is 11.6 Å². The molecular weight excluding hydrogens is 298 g/mol. The van der Waals surface area contributed by atoms with Crippen molar-refractivity contribution in [2.45, 2.75) is 31.3 Å². The van der Waals surface area contributed by atoms with Gasteiger partial charge in [0.25, 0.3) is 5.91 Å². The molecule has 0 aromatic heterocycles. The molecule has 1 aromatic carbocycles. The van der Waals surface area contributed by atoms with Gasteiger partial charge in [0.15, 0.2) is 11.6 Å². The van der Waals surface area contributed by atoms with Gasteiger partial charge in [-0.3, -0.25) is 9.69 Å². The number of hydrogen-bond acceptors (Lipinski definition) is 2. The van der Waals surface area contributed by atoms with Gasteiger partial charge in [-0.05, 0) is 38.4 Å². The Morgan fingerprint density at radius 3 is 2.62 bits per heavy atom. The highest BCUT2D eigenvalue weighted by Gasteiger charge is 2.36. The van der Waals surface area contributed by atoms with Crippen molar-refractivity contribution in [2.24, 2.45) is 0 Å². The second-order valence-electron chi connectivity index (χ2n) is 5.84. The number of likely N-dealkylation sites (N-methyl/N-ethyl adjacent to an activating group) is 1. The van der Waals surface area contributed by atoms with Crippen molar-refractivity contribution in [3.8, 4) is 0 Å². The lowest BCUT2D eigenvalue weighted by Gasteiger charge is -2.26. The molecule has 0 N–H and O–H groups in total. The van der Waals surface area contributed by atoms with Crippen LogP contribution < -0.4 is 0 Å². The molecule has 0 unspecified atom stereocenters. The van der Waals surface area contributed by atoms with Gasteiger partial charge in [-0.25, -0.2) is 8.78 Å². The fraction of sp³-hybridized carbons (Fsp3) is 0.533. The summed E-state index contributed by atoms with van der Waals surface area (Å²) in [5, 5.41) is -0.0401. The molecule has 2 atom stereocenters. The van der Waals surface area contributed by atoms with Crippen molar-refractivity contribution < 1.29 is 13.6 Å². The summed E-state index contributed by atoms with van der Waals surface area (Å²) in [6, 6.07) is 2.60. The molecule has 0 spiro atoms. The number of carbonyl (C=O) groups is 1. The summed E-state index contributed by atoms with van der Waals surface area (Å²) in [5.41, 5.74) is 0.0380. The molecule has 6 heteroatoms. The molecule has 2 fully saturated rings. The number of halogens is 3. The Morgan fingerprint density at radius 1 is 1.19 bits per heavy atom. The fourth-order valence-electron chi connectivity index (χ4n) is 3.35. The van der Waals surface area contributed by atoms with Crippen molar-refractivity contribution in [2.75, 3.05) is 20.1 Å². The van der Waals surface area contributed by atoms with E-state index in [0.29, 0.717) is 25.2 Å². The van der Waals surface area contributed by atoms with E-state index in [0.717, 1.165) is 31.4 Å². The Labute approximate surface area is 127 Å². The Morgan fingerprint density at radius 2 is 1.86 bits per heavy atom. The van der Waals surface area contributed by atoms with E-state index in [2.05, 4.69) is 11.9 Å². The van der Waals surface area contributed by atoms with Crippen molar-refractivity contribution in [3.05, 3.63) is 34.4 Å². The van der Waals surface area contributed by atoms with Crippen molar-refractivity contribution in [3.63, 3.8) is 0 Å². The van der Waals surface area contributed by atoms with Gasteiger partial charge in [-0.1, -0.05) is 11.6 Å². The maximum absolute atomic E-state index is 13.4. The average molecular weight is 315 g/mol. The van der Waals surface area contributed by atoms with Gasteiger partial charge < -0.3 is 4.90 Å². The molecule has 2 aliphatic heterocycles. The minimum absolute atomic E-state index is 0.0380. The van der Waals surface area contributed by atoms with Gasteiger partial charge in [0.05, 0.1) is 10.6 Å². The van der Waals surface area contributed by atoms with E-state index in [1.54, 1.807) is 4.90 Å². The lowest BCUT2D eigenvalue weighted by molar-refractivity contribution is 0.0740. The number of nitrogens with zero attached hydrogens (tertiary/aromatic N) is 2. The quantitative estimate of drug-likeness (QED) is 0.744. The van der Waals surface area contributed by atoms with Gasteiger partial charge in [-0.2, -0.15) is 0 Å². The van der Waals surface area contributed by atoms with Crippen LogP contribution in [0.15, 0.2) is 12.1 Å². The van der Waals surface area contributed by atoms with E-state index in [1.165, 1.54) is 0 Å². The predicted molar refractivity (Wildman–Crippen MR) is 76.5 cm³/mol. The highest BCUT2D eigenvalue weighted by molar-refractivity contribution is 6.33. The number of carbonyl (C=O) groups excluding carboxylic acids is 1. The van der Waals surface area contributed by atoms with Crippen molar-refractivity contribution in [1.29, 1.82) is 0 Å². The lowest BCUT2D eigenvalue weighted by atomic mass is 10.1. The monoisotopic (exact) mass is 314 g/mol. The molecule has 114 valence electrons. The largest absolute Gasteiger partial charge is 0.337 e. The molecule has 2 aliphatic rings. The normalized spacial score (nSPS) is 26.0. The summed E-state index contributed by atoms with van der Waals surface area (Å²) in [6.07, 6.45) is 3.13. The summed E-state index contributed by atoms with van der Waals surface area (Å²) < 4.78 is 26.5. The molecule has 0 aliphatic carbocycles.